The van der Waals surface area contributed by atoms with Crippen LogP contribution in [0, 0.1) is 12.7 Å². The van der Waals surface area contributed by atoms with E-state index in [0.29, 0.717) is 30.2 Å². The number of nitrogens with one attached hydrogen (secondary N) is 3. The van der Waals surface area contributed by atoms with Gasteiger partial charge in [-0.2, -0.15) is 0 Å². The molecule has 0 aliphatic heterocycles. The van der Waals surface area contributed by atoms with Gasteiger partial charge in [-0.15, -0.1) is 11.3 Å². The zero-order chi connectivity index (χ0) is 19.9. The Bertz CT molecular complexity index is 787. The molecule has 27 heavy (non-hydrogen) atoms. The Labute approximate surface area is 164 Å². The summed E-state index contributed by atoms with van der Waals surface area (Å²) in [5, 5.41) is 11.3. The third-order valence-electron chi connectivity index (χ3n) is 4.25. The van der Waals surface area contributed by atoms with Crippen LogP contribution in [0.4, 0.5) is 4.39 Å². The molecule has 0 aliphatic carbocycles. The van der Waals surface area contributed by atoms with E-state index in [1.54, 1.807) is 37.4 Å². The maximum atomic E-state index is 13.5. The number of amides is 1. The van der Waals surface area contributed by atoms with Crippen LogP contribution in [-0.2, 0) is 5.41 Å². The van der Waals surface area contributed by atoms with Gasteiger partial charge < -0.3 is 16.0 Å². The number of nitrogens with zero attached hydrogens (tertiary/aromatic N) is 1. The van der Waals surface area contributed by atoms with Crippen molar-refractivity contribution in [1.29, 1.82) is 0 Å². The van der Waals surface area contributed by atoms with Crippen LogP contribution >= 0.6 is 11.3 Å². The summed E-state index contributed by atoms with van der Waals surface area (Å²) in [6.07, 6.45) is 0. The average Bonchev–Trinajstić information content (AvgIpc) is 3.19. The van der Waals surface area contributed by atoms with Crippen molar-refractivity contribution >= 4 is 23.2 Å². The number of benzene rings is 1. The highest BCUT2D eigenvalue weighted by atomic mass is 32.1. The lowest BCUT2D eigenvalue weighted by molar-refractivity contribution is 0.0954. The van der Waals surface area contributed by atoms with Gasteiger partial charge in [-0.3, -0.25) is 9.79 Å². The Morgan fingerprint density at radius 3 is 2.56 bits per heavy atom. The van der Waals surface area contributed by atoms with Crippen LogP contribution in [0.2, 0.25) is 0 Å². The van der Waals surface area contributed by atoms with E-state index in [9.17, 15) is 9.18 Å². The highest BCUT2D eigenvalue weighted by molar-refractivity contribution is 7.10. The molecule has 0 unspecified atom stereocenters. The number of halogens is 1. The first-order valence-electron chi connectivity index (χ1n) is 8.86. The average molecular weight is 391 g/mol. The Hall–Kier alpha value is -2.41. The Kier molecular flexibility index (Phi) is 7.36. The van der Waals surface area contributed by atoms with Crippen molar-refractivity contribution in [2.75, 3.05) is 26.7 Å². The molecule has 2 rings (SSSR count). The molecule has 0 spiro atoms. The predicted molar refractivity (Wildman–Crippen MR) is 110 cm³/mol. The zero-order valence-electron chi connectivity index (χ0n) is 16.2. The molecule has 2 aromatic rings. The number of guanidine groups is 1. The second-order valence-electron chi connectivity index (χ2n) is 6.93. The number of hydrogen-bond acceptors (Lipinski definition) is 3. The van der Waals surface area contributed by atoms with Gasteiger partial charge in [-0.05, 0) is 36.1 Å². The van der Waals surface area contributed by atoms with Crippen LogP contribution in [0.3, 0.4) is 0 Å². The van der Waals surface area contributed by atoms with Gasteiger partial charge in [0, 0.05) is 42.5 Å². The van der Waals surface area contributed by atoms with E-state index < -0.39 is 0 Å². The molecule has 0 fully saturated rings. The van der Waals surface area contributed by atoms with Gasteiger partial charge in [0.25, 0.3) is 5.91 Å². The third-order valence-corrected chi connectivity index (χ3v) is 5.48. The van der Waals surface area contributed by atoms with Gasteiger partial charge in [-0.25, -0.2) is 4.39 Å². The molecule has 1 amide bonds. The fraction of sp³-hybridized carbons (Fsp3) is 0.400. The van der Waals surface area contributed by atoms with E-state index in [4.69, 9.17) is 0 Å². The monoisotopic (exact) mass is 390 g/mol. The van der Waals surface area contributed by atoms with Crippen LogP contribution < -0.4 is 16.0 Å². The fourth-order valence-corrected chi connectivity index (χ4v) is 3.32. The molecular formula is C20H27FN4OS. The van der Waals surface area contributed by atoms with Crippen molar-refractivity contribution in [2.45, 2.75) is 26.2 Å². The summed E-state index contributed by atoms with van der Waals surface area (Å²) >= 11 is 1.74. The van der Waals surface area contributed by atoms with E-state index in [-0.39, 0.29) is 17.1 Å². The van der Waals surface area contributed by atoms with E-state index in [0.717, 1.165) is 6.54 Å². The van der Waals surface area contributed by atoms with Crippen molar-refractivity contribution in [2.24, 2.45) is 4.99 Å². The van der Waals surface area contributed by atoms with Crippen molar-refractivity contribution in [3.05, 3.63) is 57.5 Å². The van der Waals surface area contributed by atoms with Gasteiger partial charge in [0.15, 0.2) is 5.96 Å². The van der Waals surface area contributed by atoms with E-state index in [1.807, 2.05) is 0 Å². The summed E-state index contributed by atoms with van der Waals surface area (Å²) < 4.78 is 13.5. The molecule has 0 aliphatic rings. The molecule has 3 N–H and O–H groups in total. The summed E-state index contributed by atoms with van der Waals surface area (Å²) in [5.41, 5.74) is 0.835. The predicted octanol–water partition coefficient (Wildman–Crippen LogP) is 3.07. The van der Waals surface area contributed by atoms with Crippen molar-refractivity contribution in [3.8, 4) is 0 Å². The standard InChI is InChI=1S/C20H27FN4OS/c1-14-7-8-15(12-16(14)21)18(26)23-9-10-24-19(22-4)25-13-20(2,3)17-6-5-11-27-17/h5-8,11-12H,9-10,13H2,1-4H3,(H,23,26)(H2,22,24,25). The molecule has 5 nitrogen and oxygen atoms in total. The first-order valence-corrected chi connectivity index (χ1v) is 9.74. The molecule has 0 saturated heterocycles. The van der Waals surface area contributed by atoms with E-state index in [1.165, 1.54) is 10.9 Å². The van der Waals surface area contributed by atoms with Gasteiger partial charge in [-0.1, -0.05) is 26.0 Å². The van der Waals surface area contributed by atoms with E-state index >= 15 is 0 Å². The van der Waals surface area contributed by atoms with Gasteiger partial charge in [0.1, 0.15) is 5.82 Å². The van der Waals surface area contributed by atoms with Crippen LogP contribution in [0.5, 0.6) is 0 Å². The maximum Gasteiger partial charge on any atom is 0.251 e. The summed E-state index contributed by atoms with van der Waals surface area (Å²) in [7, 11) is 1.71. The Morgan fingerprint density at radius 1 is 1.19 bits per heavy atom. The molecule has 1 heterocycles. The third kappa shape index (κ3) is 6.06. The minimum absolute atomic E-state index is 0.00445. The maximum absolute atomic E-state index is 13.5. The van der Waals surface area contributed by atoms with Gasteiger partial charge in [0.05, 0.1) is 0 Å². The molecule has 0 bridgehead atoms. The first kappa shape index (κ1) is 20.9. The molecule has 0 saturated carbocycles. The van der Waals surface area contributed by atoms with Crippen molar-refractivity contribution in [1.82, 2.24) is 16.0 Å². The Balaban J connectivity index is 1.74. The minimum Gasteiger partial charge on any atom is -0.356 e. The lowest BCUT2D eigenvalue weighted by atomic mass is 9.91. The SMILES string of the molecule is CN=C(NCCNC(=O)c1ccc(C)c(F)c1)NCC(C)(C)c1cccs1. The number of aryl methyl sites for hydroxylation is 1. The summed E-state index contributed by atoms with van der Waals surface area (Å²) in [5.74, 6) is 0.00599. The molecule has 146 valence electrons. The Morgan fingerprint density at radius 2 is 1.93 bits per heavy atom. The van der Waals surface area contributed by atoms with Gasteiger partial charge >= 0.3 is 0 Å². The minimum atomic E-state index is -0.376. The number of carbonyl (C=O) groups excluding carboxylic acids is 1. The highest BCUT2D eigenvalue weighted by Crippen LogP contribution is 2.26. The molecular weight excluding hydrogens is 363 g/mol. The first-order chi connectivity index (χ1) is 12.8. The summed E-state index contributed by atoms with van der Waals surface area (Å²) in [6, 6.07) is 8.66. The smallest absolute Gasteiger partial charge is 0.251 e. The number of aliphatic imine (C=N–C) groups is 1. The lowest BCUT2D eigenvalue weighted by Crippen LogP contribution is -2.45. The zero-order valence-corrected chi connectivity index (χ0v) is 17.0. The second-order valence-corrected chi connectivity index (χ2v) is 7.88. The molecule has 7 heteroatoms. The summed E-state index contributed by atoms with van der Waals surface area (Å²) in [6.45, 7) is 7.68. The number of carbonyl (C=O) groups is 1. The number of rotatable bonds is 7. The lowest BCUT2D eigenvalue weighted by Gasteiger charge is -2.25. The molecule has 1 aromatic carbocycles. The fourth-order valence-electron chi connectivity index (χ4n) is 2.47. The van der Waals surface area contributed by atoms with E-state index in [2.05, 4.69) is 52.3 Å². The number of hydrogen-bond donors (Lipinski definition) is 3. The highest BCUT2D eigenvalue weighted by Gasteiger charge is 2.21. The molecule has 0 radical (unpaired) electrons. The largest absolute Gasteiger partial charge is 0.356 e. The topological polar surface area (TPSA) is 65.5 Å². The normalized spacial score (nSPS) is 12.0. The van der Waals surface area contributed by atoms with Crippen LogP contribution in [-0.4, -0.2) is 38.5 Å². The molecule has 0 atom stereocenters. The quantitative estimate of drug-likeness (QED) is 0.387. The van der Waals surface area contributed by atoms with Crippen LogP contribution in [0.1, 0.15) is 34.6 Å². The molecule has 1 aromatic heterocycles. The van der Waals surface area contributed by atoms with Gasteiger partial charge in [0.2, 0.25) is 0 Å². The van der Waals surface area contributed by atoms with Crippen LogP contribution in [0.25, 0.3) is 0 Å². The van der Waals surface area contributed by atoms with Crippen molar-refractivity contribution < 1.29 is 9.18 Å². The second kappa shape index (κ2) is 9.50. The van der Waals surface area contributed by atoms with Crippen molar-refractivity contribution in [3.63, 3.8) is 0 Å². The summed E-state index contributed by atoms with van der Waals surface area (Å²) in [4.78, 5) is 17.6. The van der Waals surface area contributed by atoms with Crippen LogP contribution in [0.15, 0.2) is 40.7 Å². The number of thiophene rings is 1.